The Bertz CT molecular complexity index is 1020. The highest BCUT2D eigenvalue weighted by Gasteiger charge is 2.31. The summed E-state index contributed by atoms with van der Waals surface area (Å²) >= 11 is 0. The largest absolute Gasteiger partial charge is 0.416 e. The molecule has 2 aromatic heterocycles. The van der Waals surface area contributed by atoms with E-state index in [4.69, 9.17) is 4.98 Å². The van der Waals surface area contributed by atoms with Gasteiger partial charge in [-0.1, -0.05) is 12.1 Å². The molecule has 4 rings (SSSR count). The molecular weight excluding hydrogens is 384 g/mol. The molecule has 0 N–H and O–H groups in total. The smallest absolute Gasteiger partial charge is 0.342 e. The number of benzene rings is 1. The van der Waals surface area contributed by atoms with E-state index in [1.807, 2.05) is 11.6 Å². The Morgan fingerprint density at radius 1 is 0.966 bits per heavy atom. The first-order chi connectivity index (χ1) is 13.8. The van der Waals surface area contributed by atoms with E-state index in [0.29, 0.717) is 28.5 Å². The summed E-state index contributed by atoms with van der Waals surface area (Å²) in [5.41, 5.74) is 1.07. The van der Waals surface area contributed by atoms with Crippen LogP contribution in [0.2, 0.25) is 0 Å². The second-order valence-corrected chi connectivity index (χ2v) is 7.16. The van der Waals surface area contributed by atoms with Crippen LogP contribution in [0.3, 0.4) is 0 Å². The fourth-order valence-electron chi connectivity index (χ4n) is 3.79. The molecule has 3 aromatic rings. The number of anilines is 1. The van der Waals surface area contributed by atoms with E-state index in [0.717, 1.165) is 44.5 Å². The lowest BCUT2D eigenvalue weighted by atomic mass is 10.0. The van der Waals surface area contributed by atoms with Crippen molar-refractivity contribution in [2.24, 2.45) is 7.05 Å². The van der Waals surface area contributed by atoms with Crippen LogP contribution in [0.15, 0.2) is 42.6 Å². The molecule has 0 atom stereocenters. The SMILES string of the molecule is Cn1c(N2CCCCC2)nc(-c2cccc(C(F)(F)F)c2)c1-c1ccnc(F)c1. The van der Waals surface area contributed by atoms with Crippen molar-refractivity contribution in [3.8, 4) is 22.5 Å². The van der Waals surface area contributed by atoms with E-state index in [-0.39, 0.29) is 0 Å². The van der Waals surface area contributed by atoms with Crippen molar-refractivity contribution in [2.45, 2.75) is 25.4 Å². The lowest BCUT2D eigenvalue weighted by Gasteiger charge is -2.27. The second-order valence-electron chi connectivity index (χ2n) is 7.16. The Labute approximate surface area is 165 Å². The first kappa shape index (κ1) is 19.4. The summed E-state index contributed by atoms with van der Waals surface area (Å²) in [6.45, 7) is 1.66. The maximum absolute atomic E-state index is 13.8. The van der Waals surface area contributed by atoms with Gasteiger partial charge in [0.15, 0.2) is 0 Å². The quantitative estimate of drug-likeness (QED) is 0.439. The molecule has 8 heteroatoms. The lowest BCUT2D eigenvalue weighted by Crippen LogP contribution is -2.31. The van der Waals surface area contributed by atoms with Crippen molar-refractivity contribution in [1.29, 1.82) is 0 Å². The lowest BCUT2D eigenvalue weighted by molar-refractivity contribution is -0.137. The molecular formula is C21H20F4N4. The molecule has 3 heterocycles. The first-order valence-corrected chi connectivity index (χ1v) is 9.46. The van der Waals surface area contributed by atoms with Gasteiger partial charge < -0.3 is 9.47 Å². The molecule has 0 spiro atoms. The maximum atomic E-state index is 13.8. The third kappa shape index (κ3) is 3.83. The van der Waals surface area contributed by atoms with Gasteiger partial charge in [0.1, 0.15) is 0 Å². The topological polar surface area (TPSA) is 34.0 Å². The monoisotopic (exact) mass is 404 g/mol. The van der Waals surface area contributed by atoms with Crippen molar-refractivity contribution in [3.05, 3.63) is 54.1 Å². The summed E-state index contributed by atoms with van der Waals surface area (Å²) < 4.78 is 55.4. The van der Waals surface area contributed by atoms with Crippen LogP contribution in [0, 0.1) is 5.95 Å². The van der Waals surface area contributed by atoms with E-state index in [1.54, 1.807) is 12.1 Å². The van der Waals surface area contributed by atoms with Gasteiger partial charge in [-0.3, -0.25) is 0 Å². The Balaban J connectivity index is 1.90. The Kier molecular flexibility index (Phi) is 5.02. The zero-order valence-electron chi connectivity index (χ0n) is 15.9. The molecule has 0 amide bonds. The minimum Gasteiger partial charge on any atom is -0.342 e. The highest BCUT2D eigenvalue weighted by molar-refractivity contribution is 5.81. The Morgan fingerprint density at radius 2 is 1.72 bits per heavy atom. The van der Waals surface area contributed by atoms with Crippen LogP contribution in [0.4, 0.5) is 23.5 Å². The average molecular weight is 404 g/mol. The number of imidazole rings is 1. The van der Waals surface area contributed by atoms with Crippen LogP contribution in [0.25, 0.3) is 22.5 Å². The molecule has 4 nitrogen and oxygen atoms in total. The van der Waals surface area contributed by atoms with Crippen LogP contribution in [-0.2, 0) is 13.2 Å². The molecule has 1 aliphatic heterocycles. The molecule has 1 saturated heterocycles. The van der Waals surface area contributed by atoms with Crippen molar-refractivity contribution < 1.29 is 17.6 Å². The van der Waals surface area contributed by atoms with Gasteiger partial charge in [0.25, 0.3) is 0 Å². The number of aromatic nitrogens is 3. The molecule has 0 unspecified atom stereocenters. The average Bonchev–Trinajstić information content (AvgIpc) is 3.05. The van der Waals surface area contributed by atoms with E-state index in [2.05, 4.69) is 9.88 Å². The minimum atomic E-state index is -4.45. The molecule has 0 radical (unpaired) electrons. The Morgan fingerprint density at radius 3 is 2.41 bits per heavy atom. The van der Waals surface area contributed by atoms with Crippen LogP contribution in [-0.4, -0.2) is 27.6 Å². The van der Waals surface area contributed by atoms with Crippen LogP contribution in [0.1, 0.15) is 24.8 Å². The summed E-state index contributed by atoms with van der Waals surface area (Å²) in [6.07, 6.45) is 0.0946. The number of hydrogen-bond donors (Lipinski definition) is 0. The summed E-state index contributed by atoms with van der Waals surface area (Å²) in [4.78, 5) is 10.4. The number of rotatable bonds is 3. The highest BCUT2D eigenvalue weighted by atomic mass is 19.4. The van der Waals surface area contributed by atoms with Gasteiger partial charge in [-0.25, -0.2) is 9.97 Å². The van der Waals surface area contributed by atoms with Crippen LogP contribution < -0.4 is 4.90 Å². The number of pyridine rings is 1. The maximum Gasteiger partial charge on any atom is 0.416 e. The second kappa shape index (κ2) is 7.50. The number of nitrogens with zero attached hydrogens (tertiary/aromatic N) is 4. The molecule has 29 heavy (non-hydrogen) atoms. The zero-order chi connectivity index (χ0) is 20.6. The van der Waals surface area contributed by atoms with Crippen molar-refractivity contribution >= 4 is 5.95 Å². The molecule has 152 valence electrons. The molecule has 0 saturated carbocycles. The van der Waals surface area contributed by atoms with Gasteiger partial charge in [0.05, 0.1) is 17.0 Å². The number of alkyl halides is 3. The van der Waals surface area contributed by atoms with Gasteiger partial charge >= 0.3 is 6.18 Å². The Hall–Kier alpha value is -2.90. The fraction of sp³-hybridized carbons (Fsp3) is 0.333. The molecule has 0 aliphatic carbocycles. The molecule has 1 aromatic carbocycles. The van der Waals surface area contributed by atoms with Gasteiger partial charge in [-0.2, -0.15) is 17.6 Å². The highest BCUT2D eigenvalue weighted by Crippen LogP contribution is 2.38. The normalized spacial score (nSPS) is 15.0. The number of halogens is 4. The first-order valence-electron chi connectivity index (χ1n) is 9.46. The fourth-order valence-corrected chi connectivity index (χ4v) is 3.79. The standard InChI is InChI=1S/C21H20F4N4/c1-28-19(15-8-9-26-17(22)13-15)18(27-20(28)29-10-3-2-4-11-29)14-6-5-7-16(12-14)21(23,24)25/h5-9,12-13H,2-4,10-11H2,1H3. The summed E-state index contributed by atoms with van der Waals surface area (Å²) in [6, 6.07) is 7.99. The molecule has 1 aliphatic rings. The van der Waals surface area contributed by atoms with Gasteiger partial charge in [0, 0.05) is 43.5 Å². The zero-order valence-corrected chi connectivity index (χ0v) is 15.9. The van der Waals surface area contributed by atoms with Gasteiger partial charge in [-0.15, -0.1) is 0 Å². The van der Waals surface area contributed by atoms with E-state index in [9.17, 15) is 17.6 Å². The minimum absolute atomic E-state index is 0.339. The summed E-state index contributed by atoms with van der Waals surface area (Å²) in [5, 5.41) is 0. The van der Waals surface area contributed by atoms with Crippen LogP contribution in [0.5, 0.6) is 0 Å². The van der Waals surface area contributed by atoms with Crippen LogP contribution >= 0.6 is 0 Å². The van der Waals surface area contributed by atoms with E-state index in [1.165, 1.54) is 18.3 Å². The van der Waals surface area contributed by atoms with Gasteiger partial charge in [-0.05, 0) is 37.5 Å². The van der Waals surface area contributed by atoms with Gasteiger partial charge in [0.2, 0.25) is 11.9 Å². The third-order valence-electron chi connectivity index (χ3n) is 5.17. The molecule has 0 bridgehead atoms. The van der Waals surface area contributed by atoms with E-state index < -0.39 is 17.7 Å². The number of piperidine rings is 1. The van der Waals surface area contributed by atoms with Crippen molar-refractivity contribution in [1.82, 2.24) is 14.5 Å². The predicted molar refractivity (Wildman–Crippen MR) is 103 cm³/mol. The predicted octanol–water partition coefficient (Wildman–Crippen LogP) is 5.30. The number of hydrogen-bond acceptors (Lipinski definition) is 3. The van der Waals surface area contributed by atoms with E-state index >= 15 is 0 Å². The third-order valence-corrected chi connectivity index (χ3v) is 5.17. The summed E-state index contributed by atoms with van der Waals surface area (Å²) in [5.74, 6) is 0.0162. The summed E-state index contributed by atoms with van der Waals surface area (Å²) in [7, 11) is 1.81. The molecule has 1 fully saturated rings. The van der Waals surface area contributed by atoms with Crippen molar-refractivity contribution in [2.75, 3.05) is 18.0 Å². The van der Waals surface area contributed by atoms with Crippen molar-refractivity contribution in [3.63, 3.8) is 0 Å².